The molecule has 2 nitrogen and oxygen atoms in total. The summed E-state index contributed by atoms with van der Waals surface area (Å²) in [5.74, 6) is 0. The van der Waals surface area contributed by atoms with E-state index in [0.717, 1.165) is 5.52 Å². The molecule has 1 N–H and O–H groups in total. The summed E-state index contributed by atoms with van der Waals surface area (Å²) in [5, 5.41) is 5.07. The number of hydrogen-bond acceptors (Lipinski definition) is 0. The van der Waals surface area contributed by atoms with Gasteiger partial charge in [0.05, 0.1) is 22.0 Å². The van der Waals surface area contributed by atoms with Crippen molar-refractivity contribution in [3.63, 3.8) is 0 Å². The highest BCUT2D eigenvalue weighted by atomic mass is 15.0. The molecule has 2 aromatic heterocycles. The van der Waals surface area contributed by atoms with Gasteiger partial charge in [0.15, 0.2) is 0 Å². The van der Waals surface area contributed by atoms with Crippen LogP contribution in [0.2, 0.25) is 0 Å². The van der Waals surface area contributed by atoms with E-state index in [1.165, 1.54) is 122 Å². The molecule has 0 bridgehead atoms. The quantitative estimate of drug-likeness (QED) is 0.181. The van der Waals surface area contributed by atoms with Crippen LogP contribution in [0.5, 0.6) is 0 Å². The van der Waals surface area contributed by atoms with Crippen LogP contribution in [0.3, 0.4) is 0 Å². The van der Waals surface area contributed by atoms with E-state index in [4.69, 9.17) is 0 Å². The van der Waals surface area contributed by atoms with Gasteiger partial charge in [-0.1, -0.05) is 153 Å². The van der Waals surface area contributed by atoms with E-state index < -0.39 is 0 Å². The highest BCUT2D eigenvalue weighted by Gasteiger charge is 2.52. The number of nitrogens with one attached hydrogen (secondary N) is 1. The van der Waals surface area contributed by atoms with Crippen LogP contribution in [0.4, 0.5) is 0 Å². The molecule has 2 heteroatoms. The van der Waals surface area contributed by atoms with Gasteiger partial charge in [-0.25, -0.2) is 0 Å². The number of aromatic amines is 1. The Morgan fingerprint density at radius 2 is 0.950 bits per heavy atom. The summed E-state index contributed by atoms with van der Waals surface area (Å²) in [7, 11) is 0. The lowest BCUT2D eigenvalue weighted by molar-refractivity contribution is 0.661. The molecule has 0 aliphatic heterocycles. The molecule has 2 heterocycles. The molecule has 0 amide bonds. The van der Waals surface area contributed by atoms with Crippen molar-refractivity contribution in [2.24, 2.45) is 0 Å². The monoisotopic (exact) mass is 762 g/mol. The van der Waals surface area contributed by atoms with Crippen molar-refractivity contribution < 1.29 is 0 Å². The van der Waals surface area contributed by atoms with Crippen molar-refractivity contribution in [1.29, 1.82) is 0 Å². The van der Waals surface area contributed by atoms with Crippen LogP contribution >= 0.6 is 0 Å². The zero-order valence-corrected chi connectivity index (χ0v) is 33.3. The van der Waals surface area contributed by atoms with E-state index in [2.05, 4.69) is 211 Å². The largest absolute Gasteiger partial charge is 0.354 e. The van der Waals surface area contributed by atoms with Gasteiger partial charge in [-0.15, -0.1) is 0 Å². The third kappa shape index (κ3) is 3.86. The van der Waals surface area contributed by atoms with Crippen LogP contribution in [-0.2, 0) is 10.8 Å². The van der Waals surface area contributed by atoms with Gasteiger partial charge in [0.25, 0.3) is 0 Å². The van der Waals surface area contributed by atoms with Gasteiger partial charge in [0.2, 0.25) is 0 Å². The van der Waals surface area contributed by atoms with Crippen LogP contribution in [0.25, 0.3) is 93.8 Å². The molecule has 11 aromatic rings. The second-order valence-corrected chi connectivity index (χ2v) is 17.7. The predicted molar refractivity (Wildman–Crippen MR) is 249 cm³/mol. The third-order valence-electron chi connectivity index (χ3n) is 14.5. The van der Waals surface area contributed by atoms with Gasteiger partial charge in [0.1, 0.15) is 0 Å². The van der Waals surface area contributed by atoms with E-state index in [1.54, 1.807) is 0 Å². The molecule has 0 unspecified atom stereocenters. The Morgan fingerprint density at radius 3 is 1.67 bits per heavy atom. The summed E-state index contributed by atoms with van der Waals surface area (Å²) in [5.41, 5.74) is 24.3. The molecule has 3 aliphatic rings. The number of benzene rings is 9. The van der Waals surface area contributed by atoms with Crippen molar-refractivity contribution >= 4 is 43.6 Å². The maximum absolute atomic E-state index is 3.96. The van der Waals surface area contributed by atoms with E-state index >= 15 is 0 Å². The summed E-state index contributed by atoms with van der Waals surface area (Å²) in [6.07, 6.45) is 0. The summed E-state index contributed by atoms with van der Waals surface area (Å²) in [6.45, 7) is 4.74. The Labute approximate surface area is 348 Å². The average molecular weight is 763 g/mol. The van der Waals surface area contributed by atoms with Gasteiger partial charge in [0, 0.05) is 43.7 Å². The average Bonchev–Trinajstić information content (AvgIpc) is 4.06. The van der Waals surface area contributed by atoms with Crippen molar-refractivity contribution in [3.8, 4) is 50.2 Å². The molecule has 0 saturated heterocycles. The number of H-pyrrole nitrogens is 1. The molecule has 14 rings (SSSR count). The predicted octanol–water partition coefficient (Wildman–Crippen LogP) is 14.7. The summed E-state index contributed by atoms with van der Waals surface area (Å²) in [6, 6.07) is 70.8. The third-order valence-corrected chi connectivity index (χ3v) is 14.5. The molecule has 0 radical (unpaired) electrons. The lowest BCUT2D eigenvalue weighted by Crippen LogP contribution is -2.25. The Bertz CT molecular complexity index is 3640. The van der Waals surface area contributed by atoms with Gasteiger partial charge >= 0.3 is 0 Å². The van der Waals surface area contributed by atoms with Crippen molar-refractivity contribution in [1.82, 2.24) is 9.55 Å². The Balaban J connectivity index is 0.982. The first kappa shape index (κ1) is 32.5. The highest BCUT2D eigenvalue weighted by molar-refractivity contribution is 6.17. The van der Waals surface area contributed by atoms with Gasteiger partial charge < -0.3 is 9.55 Å². The lowest BCUT2D eigenvalue weighted by atomic mass is 9.70. The molecule has 60 heavy (non-hydrogen) atoms. The first-order valence-corrected chi connectivity index (χ1v) is 21.2. The SMILES string of the molecule is CC1(C)c2ccccc2-c2cc3c4cc(-c5ccc6[nH]c7c8c(ccc7c6c5)C5(c6ccccc6-c6ccccc65)c5ccccc5-8)ccc4n(-c4ccccc4)c3cc21. The summed E-state index contributed by atoms with van der Waals surface area (Å²) < 4.78 is 2.46. The van der Waals surface area contributed by atoms with Crippen LogP contribution in [-0.4, -0.2) is 9.55 Å². The minimum atomic E-state index is -0.359. The number of hydrogen-bond donors (Lipinski definition) is 1. The van der Waals surface area contributed by atoms with E-state index in [9.17, 15) is 0 Å². The number of aromatic nitrogens is 2. The Morgan fingerprint density at radius 1 is 0.383 bits per heavy atom. The second kappa shape index (κ2) is 11.2. The fourth-order valence-corrected chi connectivity index (χ4v) is 12.0. The maximum atomic E-state index is 3.96. The molecule has 1 spiro atoms. The molecule has 0 saturated carbocycles. The highest BCUT2D eigenvalue weighted by Crippen LogP contribution is 2.64. The van der Waals surface area contributed by atoms with E-state index in [-0.39, 0.29) is 10.8 Å². The standard InChI is InChI=1S/C58H38N2/c1-57(2)46-20-10-6-18-39(46)42-32-45-44-31-35(25-29-53(44)60(54(45)33-51(42)57)36-14-4-3-5-15-36)34-24-28-52-43(30-34)40-26-27-50-55(56(40)59-52)41-19-9-13-23-49(41)58(50)47-21-11-7-16-37(47)38-17-8-12-22-48(38)58/h3-33,59H,1-2H3. The lowest BCUT2D eigenvalue weighted by Gasteiger charge is -2.30. The number of para-hydroxylation sites is 1. The normalized spacial score (nSPS) is 14.8. The zero-order valence-electron chi connectivity index (χ0n) is 33.3. The second-order valence-electron chi connectivity index (χ2n) is 17.7. The minimum Gasteiger partial charge on any atom is -0.354 e. The van der Waals surface area contributed by atoms with Gasteiger partial charge in [-0.05, 0) is 121 Å². The minimum absolute atomic E-state index is 0.0765. The number of nitrogens with zero attached hydrogens (tertiary/aromatic N) is 1. The molecule has 0 fully saturated rings. The molecule has 3 aliphatic carbocycles. The topological polar surface area (TPSA) is 20.7 Å². The van der Waals surface area contributed by atoms with Crippen LogP contribution in [0.1, 0.15) is 47.2 Å². The van der Waals surface area contributed by atoms with Crippen molar-refractivity contribution in [2.75, 3.05) is 0 Å². The molecule has 280 valence electrons. The van der Waals surface area contributed by atoms with Crippen LogP contribution in [0.15, 0.2) is 188 Å². The van der Waals surface area contributed by atoms with Crippen LogP contribution < -0.4 is 0 Å². The maximum Gasteiger partial charge on any atom is 0.0726 e. The van der Waals surface area contributed by atoms with Crippen molar-refractivity contribution in [2.45, 2.75) is 24.7 Å². The Hall–Kier alpha value is -7.42. The molecule has 0 atom stereocenters. The number of fused-ring (bicyclic) bond motifs is 20. The van der Waals surface area contributed by atoms with Crippen LogP contribution in [0, 0.1) is 0 Å². The van der Waals surface area contributed by atoms with Gasteiger partial charge in [-0.3, -0.25) is 0 Å². The molecular weight excluding hydrogens is 725 g/mol. The van der Waals surface area contributed by atoms with Crippen molar-refractivity contribution in [3.05, 3.63) is 221 Å². The Kier molecular flexibility index (Phi) is 6.07. The fourth-order valence-electron chi connectivity index (χ4n) is 12.0. The summed E-state index contributed by atoms with van der Waals surface area (Å²) in [4.78, 5) is 3.96. The summed E-state index contributed by atoms with van der Waals surface area (Å²) >= 11 is 0. The molecule has 9 aromatic carbocycles. The number of rotatable bonds is 2. The molecular formula is C58H38N2. The van der Waals surface area contributed by atoms with E-state index in [0.29, 0.717) is 0 Å². The first-order chi connectivity index (χ1) is 29.5. The smallest absolute Gasteiger partial charge is 0.0726 e. The van der Waals surface area contributed by atoms with Gasteiger partial charge in [-0.2, -0.15) is 0 Å². The van der Waals surface area contributed by atoms with E-state index in [1.807, 2.05) is 0 Å². The zero-order chi connectivity index (χ0) is 39.5. The fraction of sp³-hybridized carbons (Fsp3) is 0.0690. The first-order valence-electron chi connectivity index (χ1n) is 21.2.